The maximum absolute atomic E-state index is 4.61. The second kappa shape index (κ2) is 6.44. The number of aromatic nitrogens is 7. The summed E-state index contributed by atoms with van der Waals surface area (Å²) in [6.45, 7) is 4.10. The van der Waals surface area contributed by atoms with Crippen LogP contribution in [0.2, 0.25) is 0 Å². The highest BCUT2D eigenvalue weighted by Gasteiger charge is 2.16. The van der Waals surface area contributed by atoms with Crippen molar-refractivity contribution in [2.45, 2.75) is 0 Å². The molecule has 4 aromatic rings. The summed E-state index contributed by atoms with van der Waals surface area (Å²) in [5.74, 6) is 2.24. The molecule has 0 aliphatic carbocycles. The summed E-state index contributed by atoms with van der Waals surface area (Å²) in [6.07, 6.45) is 7.15. The molecule has 1 N–H and O–H groups in total. The van der Waals surface area contributed by atoms with Crippen molar-refractivity contribution in [3.8, 4) is 22.8 Å². The van der Waals surface area contributed by atoms with E-state index >= 15 is 0 Å². The molecule has 1 aliphatic heterocycles. The van der Waals surface area contributed by atoms with Gasteiger partial charge in [0.2, 0.25) is 0 Å². The Morgan fingerprint density at radius 3 is 2.74 bits per heavy atom. The molecule has 0 bridgehead atoms. The number of nitrogens with zero attached hydrogens (tertiary/aromatic N) is 8. The third-order valence-electron chi connectivity index (χ3n) is 4.85. The molecule has 4 aromatic heterocycles. The van der Waals surface area contributed by atoms with Crippen LogP contribution in [0.4, 0.5) is 5.82 Å². The van der Waals surface area contributed by atoms with E-state index in [2.05, 4.69) is 47.1 Å². The molecule has 136 valence electrons. The Hall–Kier alpha value is -3.33. The van der Waals surface area contributed by atoms with Crippen molar-refractivity contribution in [3.63, 3.8) is 0 Å². The Kier molecular flexibility index (Phi) is 3.79. The lowest BCUT2D eigenvalue weighted by atomic mass is 10.2. The zero-order chi connectivity index (χ0) is 18.2. The normalized spacial score (nSPS) is 15.5. The zero-order valence-corrected chi connectivity index (χ0v) is 14.9. The van der Waals surface area contributed by atoms with E-state index in [0.29, 0.717) is 11.6 Å². The average molecular weight is 361 g/mol. The van der Waals surface area contributed by atoms with Crippen molar-refractivity contribution in [2.75, 3.05) is 38.1 Å². The van der Waals surface area contributed by atoms with Crippen LogP contribution in [0.5, 0.6) is 0 Å². The van der Waals surface area contributed by atoms with Crippen molar-refractivity contribution in [3.05, 3.63) is 43.0 Å². The summed E-state index contributed by atoms with van der Waals surface area (Å²) in [7, 11) is 2.15. The third kappa shape index (κ3) is 2.91. The summed E-state index contributed by atoms with van der Waals surface area (Å²) in [6, 6.07) is 5.89. The highest BCUT2D eigenvalue weighted by Crippen LogP contribution is 2.23. The van der Waals surface area contributed by atoms with E-state index in [1.807, 2.05) is 30.6 Å². The summed E-state index contributed by atoms with van der Waals surface area (Å²) >= 11 is 0. The largest absolute Gasteiger partial charge is 0.354 e. The number of aromatic amines is 1. The number of likely N-dealkylation sites (N-methyl/N-ethyl adjacent to an activating group) is 1. The topological polar surface area (TPSA) is 91.1 Å². The first-order chi connectivity index (χ1) is 13.3. The molecule has 0 spiro atoms. The SMILES string of the molecule is CN1CCN(c2ccc(-c3n[nH]c(-c4cnn5cccnc45)n3)cn2)CC1. The van der Waals surface area contributed by atoms with Gasteiger partial charge in [0.05, 0.1) is 11.8 Å². The van der Waals surface area contributed by atoms with E-state index in [1.54, 1.807) is 16.9 Å². The molecule has 9 heteroatoms. The molecular formula is C18H19N9. The lowest BCUT2D eigenvalue weighted by Gasteiger charge is -2.33. The van der Waals surface area contributed by atoms with Crippen LogP contribution in [0.1, 0.15) is 0 Å². The fourth-order valence-corrected chi connectivity index (χ4v) is 3.25. The Balaban J connectivity index is 1.40. The molecule has 0 aromatic carbocycles. The number of pyridine rings is 1. The van der Waals surface area contributed by atoms with Gasteiger partial charge < -0.3 is 9.80 Å². The molecule has 0 unspecified atom stereocenters. The molecule has 27 heavy (non-hydrogen) atoms. The van der Waals surface area contributed by atoms with Crippen LogP contribution < -0.4 is 4.90 Å². The van der Waals surface area contributed by atoms with Crippen molar-refractivity contribution in [1.82, 2.24) is 39.7 Å². The van der Waals surface area contributed by atoms with Crippen LogP contribution in [0.25, 0.3) is 28.4 Å². The second-order valence-corrected chi connectivity index (χ2v) is 6.65. The Morgan fingerprint density at radius 1 is 1.04 bits per heavy atom. The highest BCUT2D eigenvalue weighted by atomic mass is 15.3. The van der Waals surface area contributed by atoms with E-state index in [9.17, 15) is 0 Å². The van der Waals surface area contributed by atoms with Crippen LogP contribution in [0.3, 0.4) is 0 Å². The number of anilines is 1. The molecule has 1 fully saturated rings. The lowest BCUT2D eigenvalue weighted by molar-refractivity contribution is 0.312. The van der Waals surface area contributed by atoms with Crippen LogP contribution >= 0.6 is 0 Å². The molecule has 0 amide bonds. The Morgan fingerprint density at radius 2 is 1.93 bits per heavy atom. The van der Waals surface area contributed by atoms with E-state index in [1.165, 1.54) is 0 Å². The quantitative estimate of drug-likeness (QED) is 0.588. The fraction of sp³-hybridized carbons (Fsp3) is 0.278. The van der Waals surface area contributed by atoms with Crippen LogP contribution in [-0.2, 0) is 0 Å². The second-order valence-electron chi connectivity index (χ2n) is 6.65. The molecule has 0 atom stereocenters. The summed E-state index contributed by atoms with van der Waals surface area (Å²) in [4.78, 5) is 18.2. The minimum Gasteiger partial charge on any atom is -0.354 e. The first-order valence-corrected chi connectivity index (χ1v) is 8.89. The van der Waals surface area contributed by atoms with E-state index in [0.717, 1.165) is 48.8 Å². The van der Waals surface area contributed by atoms with Gasteiger partial charge in [0.25, 0.3) is 0 Å². The van der Waals surface area contributed by atoms with Gasteiger partial charge in [0.15, 0.2) is 17.3 Å². The molecule has 0 saturated carbocycles. The monoisotopic (exact) mass is 361 g/mol. The maximum Gasteiger partial charge on any atom is 0.183 e. The number of hydrogen-bond acceptors (Lipinski definition) is 7. The number of nitrogens with one attached hydrogen (secondary N) is 1. The van der Waals surface area contributed by atoms with Crippen molar-refractivity contribution in [1.29, 1.82) is 0 Å². The Labute approximate surface area is 155 Å². The lowest BCUT2D eigenvalue weighted by Crippen LogP contribution is -2.44. The number of fused-ring (bicyclic) bond motifs is 1. The van der Waals surface area contributed by atoms with E-state index in [4.69, 9.17) is 0 Å². The predicted molar refractivity (Wildman–Crippen MR) is 101 cm³/mol. The predicted octanol–water partition coefficient (Wildman–Crippen LogP) is 1.33. The van der Waals surface area contributed by atoms with Gasteiger partial charge >= 0.3 is 0 Å². The van der Waals surface area contributed by atoms with Crippen LogP contribution in [0.15, 0.2) is 43.0 Å². The van der Waals surface area contributed by atoms with E-state index in [-0.39, 0.29) is 0 Å². The van der Waals surface area contributed by atoms with Gasteiger partial charge in [0, 0.05) is 50.3 Å². The maximum atomic E-state index is 4.61. The van der Waals surface area contributed by atoms with Gasteiger partial charge in [0.1, 0.15) is 5.82 Å². The molecular weight excluding hydrogens is 342 g/mol. The van der Waals surface area contributed by atoms with E-state index < -0.39 is 0 Å². The summed E-state index contributed by atoms with van der Waals surface area (Å²) in [5.41, 5.74) is 2.43. The fourth-order valence-electron chi connectivity index (χ4n) is 3.25. The molecule has 9 nitrogen and oxygen atoms in total. The van der Waals surface area contributed by atoms with Gasteiger partial charge in [-0.05, 0) is 25.2 Å². The number of H-pyrrole nitrogens is 1. The number of piperazine rings is 1. The van der Waals surface area contributed by atoms with Crippen molar-refractivity contribution >= 4 is 11.5 Å². The first kappa shape index (κ1) is 15.9. The minimum absolute atomic E-state index is 0.609. The molecule has 1 saturated heterocycles. The first-order valence-electron chi connectivity index (χ1n) is 8.89. The average Bonchev–Trinajstić information content (AvgIpc) is 3.36. The zero-order valence-electron chi connectivity index (χ0n) is 14.9. The third-order valence-corrected chi connectivity index (χ3v) is 4.85. The molecule has 5 heterocycles. The van der Waals surface area contributed by atoms with Gasteiger partial charge in [-0.15, -0.1) is 0 Å². The summed E-state index contributed by atoms with van der Waals surface area (Å²) < 4.78 is 1.71. The van der Waals surface area contributed by atoms with Gasteiger partial charge in [-0.1, -0.05) is 0 Å². The van der Waals surface area contributed by atoms with Crippen molar-refractivity contribution in [2.24, 2.45) is 0 Å². The standard InChI is InChI=1S/C18H19N9/c1-25-7-9-26(10-8-25)15-4-3-13(11-20-15)16-22-17(24-23-16)14-12-21-27-6-2-5-19-18(14)27/h2-6,11-12H,7-10H2,1H3,(H,22,23,24). The number of rotatable bonds is 3. The summed E-state index contributed by atoms with van der Waals surface area (Å²) in [5, 5.41) is 11.6. The van der Waals surface area contributed by atoms with Crippen LogP contribution in [0, 0.1) is 0 Å². The van der Waals surface area contributed by atoms with Gasteiger partial charge in [-0.25, -0.2) is 19.5 Å². The van der Waals surface area contributed by atoms with Gasteiger partial charge in [-0.2, -0.15) is 10.2 Å². The van der Waals surface area contributed by atoms with Crippen LogP contribution in [-0.4, -0.2) is 72.9 Å². The minimum atomic E-state index is 0.609. The molecule has 5 rings (SSSR count). The highest BCUT2D eigenvalue weighted by molar-refractivity contribution is 5.73. The Bertz CT molecular complexity index is 1060. The molecule has 0 radical (unpaired) electrons. The number of hydrogen-bond donors (Lipinski definition) is 1. The smallest absolute Gasteiger partial charge is 0.183 e. The molecule has 1 aliphatic rings. The van der Waals surface area contributed by atoms with Crippen molar-refractivity contribution < 1.29 is 0 Å². The van der Waals surface area contributed by atoms with Gasteiger partial charge in [-0.3, -0.25) is 5.10 Å².